The van der Waals surface area contributed by atoms with Gasteiger partial charge in [0.1, 0.15) is 5.52 Å². The first kappa shape index (κ1) is 12.7. The van der Waals surface area contributed by atoms with Crippen LogP contribution >= 0.6 is 11.6 Å². The van der Waals surface area contributed by atoms with Crippen LogP contribution in [0.5, 0.6) is 0 Å². The van der Waals surface area contributed by atoms with Gasteiger partial charge in [0.25, 0.3) is 0 Å². The van der Waals surface area contributed by atoms with Crippen molar-refractivity contribution in [3.8, 4) is 11.5 Å². The molecule has 2 N–H and O–H groups in total. The number of oxazole rings is 1. The standard InChI is InChI=1S/C15H12ClN3O/c1-9(17)18-12-5-6-14-13(8-12)19-15(20-14)10-3-2-4-11(16)7-10/h2-8H,1H3,(H2,17,18). The van der Waals surface area contributed by atoms with Crippen LogP contribution in [0.2, 0.25) is 5.02 Å². The number of fused-ring (bicyclic) bond motifs is 1. The second-order valence-corrected chi connectivity index (χ2v) is 4.87. The van der Waals surface area contributed by atoms with Crippen LogP contribution in [0.15, 0.2) is 51.9 Å². The molecule has 0 saturated heterocycles. The van der Waals surface area contributed by atoms with Crippen molar-refractivity contribution in [3.05, 3.63) is 47.5 Å². The zero-order valence-electron chi connectivity index (χ0n) is 10.8. The first-order valence-corrected chi connectivity index (χ1v) is 6.47. The Balaban J connectivity index is 2.09. The highest BCUT2D eigenvalue weighted by Crippen LogP contribution is 2.28. The van der Waals surface area contributed by atoms with Crippen molar-refractivity contribution >= 4 is 34.2 Å². The average molecular weight is 286 g/mol. The number of nitrogens with zero attached hydrogens (tertiary/aromatic N) is 2. The van der Waals surface area contributed by atoms with E-state index in [0.29, 0.717) is 22.3 Å². The van der Waals surface area contributed by atoms with Crippen LogP contribution in [0.25, 0.3) is 22.6 Å². The minimum atomic E-state index is 0.503. The number of aliphatic imine (C=N–C) groups is 1. The highest BCUT2D eigenvalue weighted by atomic mass is 35.5. The molecule has 0 spiro atoms. The minimum absolute atomic E-state index is 0.503. The Morgan fingerprint density at radius 3 is 2.85 bits per heavy atom. The molecule has 0 bridgehead atoms. The molecule has 2 aromatic carbocycles. The van der Waals surface area contributed by atoms with Gasteiger partial charge in [0.05, 0.1) is 11.5 Å². The summed E-state index contributed by atoms with van der Waals surface area (Å²) in [5.74, 6) is 1.04. The van der Waals surface area contributed by atoms with Gasteiger partial charge < -0.3 is 10.2 Å². The van der Waals surface area contributed by atoms with E-state index in [-0.39, 0.29) is 0 Å². The maximum Gasteiger partial charge on any atom is 0.227 e. The summed E-state index contributed by atoms with van der Waals surface area (Å²) in [5, 5.41) is 0.647. The van der Waals surface area contributed by atoms with Crippen molar-refractivity contribution in [1.29, 1.82) is 0 Å². The Hall–Kier alpha value is -2.33. The van der Waals surface area contributed by atoms with Crippen LogP contribution in [0, 0.1) is 0 Å². The highest BCUT2D eigenvalue weighted by molar-refractivity contribution is 6.30. The molecular formula is C15H12ClN3O. The third-order valence-electron chi connectivity index (χ3n) is 2.75. The lowest BCUT2D eigenvalue weighted by Gasteiger charge is -1.94. The van der Waals surface area contributed by atoms with Gasteiger partial charge in [-0.3, -0.25) is 0 Å². The lowest BCUT2D eigenvalue weighted by molar-refractivity contribution is 0.620. The molecule has 1 aromatic heterocycles. The number of amidine groups is 1. The molecule has 0 amide bonds. The maximum absolute atomic E-state index is 5.97. The summed E-state index contributed by atoms with van der Waals surface area (Å²) in [5.41, 5.74) is 8.61. The molecule has 100 valence electrons. The molecule has 0 saturated carbocycles. The first-order valence-electron chi connectivity index (χ1n) is 6.09. The third kappa shape index (κ3) is 2.51. The quantitative estimate of drug-likeness (QED) is 0.568. The van der Waals surface area contributed by atoms with Crippen molar-refractivity contribution in [1.82, 2.24) is 4.98 Å². The monoisotopic (exact) mass is 285 g/mol. The Labute approximate surface area is 120 Å². The van der Waals surface area contributed by atoms with E-state index in [9.17, 15) is 0 Å². The van der Waals surface area contributed by atoms with Crippen LogP contribution in [0.4, 0.5) is 5.69 Å². The van der Waals surface area contributed by atoms with Crippen LogP contribution in [0.1, 0.15) is 6.92 Å². The van der Waals surface area contributed by atoms with E-state index >= 15 is 0 Å². The van der Waals surface area contributed by atoms with Gasteiger partial charge in [0, 0.05) is 10.6 Å². The number of hydrogen-bond acceptors (Lipinski definition) is 3. The summed E-state index contributed by atoms with van der Waals surface area (Å²) in [7, 11) is 0. The van der Waals surface area contributed by atoms with Crippen LogP contribution in [0.3, 0.4) is 0 Å². The van der Waals surface area contributed by atoms with E-state index in [1.54, 1.807) is 6.92 Å². The molecule has 0 aliphatic heterocycles. The van der Waals surface area contributed by atoms with Crippen molar-refractivity contribution in [2.24, 2.45) is 10.7 Å². The molecule has 0 fully saturated rings. The van der Waals surface area contributed by atoms with Gasteiger partial charge in [-0.05, 0) is 43.3 Å². The predicted octanol–water partition coefficient (Wildman–Crippen LogP) is 4.16. The van der Waals surface area contributed by atoms with E-state index < -0.39 is 0 Å². The molecule has 0 radical (unpaired) electrons. The summed E-state index contributed by atoms with van der Waals surface area (Å²) in [4.78, 5) is 8.65. The molecule has 0 atom stereocenters. The molecule has 3 rings (SSSR count). The van der Waals surface area contributed by atoms with Crippen molar-refractivity contribution in [2.45, 2.75) is 6.92 Å². The van der Waals surface area contributed by atoms with Gasteiger partial charge in [-0.2, -0.15) is 0 Å². The fourth-order valence-corrected chi connectivity index (χ4v) is 2.12. The second kappa shape index (κ2) is 4.98. The topological polar surface area (TPSA) is 64.4 Å². The fourth-order valence-electron chi connectivity index (χ4n) is 1.93. The SMILES string of the molecule is CC(N)=Nc1ccc2oc(-c3cccc(Cl)c3)nc2c1. The van der Waals surface area contributed by atoms with Gasteiger partial charge in [0.2, 0.25) is 5.89 Å². The Kier molecular flexibility index (Phi) is 3.16. The number of rotatable bonds is 2. The average Bonchev–Trinajstić information content (AvgIpc) is 2.81. The summed E-state index contributed by atoms with van der Waals surface area (Å²) in [6.45, 7) is 1.74. The molecular weight excluding hydrogens is 274 g/mol. The summed E-state index contributed by atoms with van der Waals surface area (Å²) in [6.07, 6.45) is 0. The first-order chi connectivity index (χ1) is 9.61. The normalized spacial score (nSPS) is 12.0. The number of nitrogens with two attached hydrogens (primary N) is 1. The minimum Gasteiger partial charge on any atom is -0.436 e. The van der Waals surface area contributed by atoms with Crippen molar-refractivity contribution in [2.75, 3.05) is 0 Å². The molecule has 5 heteroatoms. The number of hydrogen-bond donors (Lipinski definition) is 1. The lowest BCUT2D eigenvalue weighted by Crippen LogP contribution is -2.03. The zero-order valence-corrected chi connectivity index (χ0v) is 11.6. The Morgan fingerprint density at radius 1 is 1.25 bits per heavy atom. The molecule has 20 heavy (non-hydrogen) atoms. The third-order valence-corrected chi connectivity index (χ3v) is 2.98. The number of halogens is 1. The molecule has 0 unspecified atom stereocenters. The van der Waals surface area contributed by atoms with Gasteiger partial charge in [-0.15, -0.1) is 0 Å². The summed E-state index contributed by atoms with van der Waals surface area (Å²) in [6, 6.07) is 12.9. The smallest absolute Gasteiger partial charge is 0.227 e. The van der Waals surface area contributed by atoms with E-state index in [4.69, 9.17) is 21.8 Å². The summed E-state index contributed by atoms with van der Waals surface area (Å²) < 4.78 is 5.72. The highest BCUT2D eigenvalue weighted by Gasteiger charge is 2.09. The number of benzene rings is 2. The van der Waals surface area contributed by atoms with E-state index in [1.807, 2.05) is 42.5 Å². The van der Waals surface area contributed by atoms with Crippen LogP contribution in [-0.4, -0.2) is 10.8 Å². The van der Waals surface area contributed by atoms with Crippen LogP contribution in [-0.2, 0) is 0 Å². The van der Waals surface area contributed by atoms with E-state index in [2.05, 4.69) is 9.98 Å². The fraction of sp³-hybridized carbons (Fsp3) is 0.0667. The molecule has 0 aliphatic rings. The van der Waals surface area contributed by atoms with E-state index in [1.165, 1.54) is 0 Å². The van der Waals surface area contributed by atoms with Gasteiger partial charge in [-0.25, -0.2) is 9.98 Å². The van der Waals surface area contributed by atoms with Crippen molar-refractivity contribution < 1.29 is 4.42 Å². The van der Waals surface area contributed by atoms with Crippen LogP contribution < -0.4 is 5.73 Å². The zero-order chi connectivity index (χ0) is 14.1. The lowest BCUT2D eigenvalue weighted by atomic mass is 10.2. The molecule has 4 nitrogen and oxygen atoms in total. The maximum atomic E-state index is 5.97. The van der Waals surface area contributed by atoms with Gasteiger partial charge in [0.15, 0.2) is 5.58 Å². The van der Waals surface area contributed by atoms with Crippen molar-refractivity contribution in [3.63, 3.8) is 0 Å². The molecule has 1 heterocycles. The molecule has 3 aromatic rings. The summed E-state index contributed by atoms with van der Waals surface area (Å²) >= 11 is 5.97. The Morgan fingerprint density at radius 2 is 2.10 bits per heavy atom. The van der Waals surface area contributed by atoms with E-state index in [0.717, 1.165) is 16.8 Å². The number of aromatic nitrogens is 1. The Bertz CT molecular complexity index is 804. The largest absolute Gasteiger partial charge is 0.436 e. The second-order valence-electron chi connectivity index (χ2n) is 4.43. The molecule has 0 aliphatic carbocycles. The van der Waals surface area contributed by atoms with Gasteiger partial charge >= 0.3 is 0 Å². The predicted molar refractivity (Wildman–Crippen MR) is 81.4 cm³/mol. The van der Waals surface area contributed by atoms with Gasteiger partial charge in [-0.1, -0.05) is 17.7 Å².